The molecular weight excluding hydrogens is 414 g/mol. The van der Waals surface area contributed by atoms with Gasteiger partial charge in [-0.15, -0.1) is 0 Å². The number of anilines is 1. The Kier molecular flexibility index (Phi) is 6.24. The van der Waals surface area contributed by atoms with Crippen LogP contribution < -0.4 is 15.6 Å². The van der Waals surface area contributed by atoms with Crippen LogP contribution in [0.2, 0.25) is 0 Å². The first-order valence-corrected chi connectivity index (χ1v) is 12.0. The van der Waals surface area contributed by atoms with Crippen LogP contribution in [0, 0.1) is 0 Å². The molecule has 3 aromatic rings. The number of nitrogens with two attached hydrogens (primary N) is 2. The molecule has 2 aromatic heterocycles. The van der Waals surface area contributed by atoms with Crippen molar-refractivity contribution in [2.24, 2.45) is 5.14 Å². The minimum atomic E-state index is -3.70. The van der Waals surface area contributed by atoms with Crippen molar-refractivity contribution in [2.45, 2.75) is 50.0 Å². The van der Waals surface area contributed by atoms with Crippen LogP contribution in [0.15, 0.2) is 47.8 Å². The number of hydrogen-bond acceptors (Lipinski definition) is 6. The molecule has 0 aliphatic heterocycles. The predicted octanol–water partition coefficient (Wildman–Crippen LogP) is 2.91. The number of aromatic nitrogens is 3. The number of ether oxygens (including phenoxy) is 1. The van der Waals surface area contributed by atoms with Crippen LogP contribution in [-0.4, -0.2) is 29.8 Å². The first kappa shape index (κ1) is 21.3. The Balaban J connectivity index is 1.26. The molecule has 0 saturated heterocycles. The molecule has 1 aromatic carbocycles. The van der Waals surface area contributed by atoms with Gasteiger partial charge in [-0.3, -0.25) is 4.68 Å². The Hall–Kier alpha value is -2.91. The Bertz CT molecular complexity index is 1170. The summed E-state index contributed by atoms with van der Waals surface area (Å²) < 4.78 is 30.0. The molecule has 0 unspecified atom stereocenters. The summed E-state index contributed by atoms with van der Waals surface area (Å²) in [4.78, 5) is 4.35. The number of nitrogen functional groups attached to an aromatic ring is 1. The van der Waals surface area contributed by atoms with E-state index in [4.69, 9.17) is 15.6 Å². The Labute approximate surface area is 182 Å². The lowest BCUT2D eigenvalue weighted by Crippen LogP contribution is -2.11. The smallest absolute Gasteiger partial charge is 0.241 e. The van der Waals surface area contributed by atoms with Crippen LogP contribution in [0.5, 0.6) is 5.88 Å². The minimum absolute atomic E-state index is 0.0331. The number of sulfonamides is 1. The van der Waals surface area contributed by atoms with Crippen LogP contribution in [-0.2, 0) is 29.4 Å². The molecule has 0 amide bonds. The number of fused-ring (bicyclic) bond motifs is 1. The van der Waals surface area contributed by atoms with Gasteiger partial charge in [0.05, 0.1) is 12.8 Å². The maximum Gasteiger partial charge on any atom is 0.241 e. The number of primary sulfonamides is 1. The molecule has 1 aliphatic rings. The summed E-state index contributed by atoms with van der Waals surface area (Å²) >= 11 is 0. The van der Waals surface area contributed by atoms with E-state index < -0.39 is 10.0 Å². The van der Waals surface area contributed by atoms with E-state index in [0.717, 1.165) is 48.9 Å². The van der Waals surface area contributed by atoms with Gasteiger partial charge in [0.2, 0.25) is 15.9 Å². The fourth-order valence-corrected chi connectivity index (χ4v) is 4.41. The normalized spacial score (nSPS) is 13.3. The number of unbranched alkanes of at least 4 members (excludes halogenated alkanes) is 2. The average Bonchev–Trinajstić information content (AvgIpc) is 3.41. The van der Waals surface area contributed by atoms with Gasteiger partial charge in [-0.1, -0.05) is 12.1 Å². The van der Waals surface area contributed by atoms with E-state index in [-0.39, 0.29) is 4.90 Å². The van der Waals surface area contributed by atoms with Crippen LogP contribution in [0.4, 0.5) is 5.69 Å². The molecule has 164 valence electrons. The van der Waals surface area contributed by atoms with Gasteiger partial charge >= 0.3 is 0 Å². The van der Waals surface area contributed by atoms with Gasteiger partial charge in [-0.2, -0.15) is 5.10 Å². The van der Waals surface area contributed by atoms with Crippen molar-refractivity contribution in [1.29, 1.82) is 0 Å². The van der Waals surface area contributed by atoms with Crippen LogP contribution in [0.25, 0.3) is 11.1 Å². The number of aryl methyl sites for hydroxylation is 2. The van der Waals surface area contributed by atoms with Crippen molar-refractivity contribution < 1.29 is 13.2 Å². The van der Waals surface area contributed by atoms with Gasteiger partial charge in [0.1, 0.15) is 4.90 Å². The fourth-order valence-electron chi connectivity index (χ4n) is 3.95. The summed E-state index contributed by atoms with van der Waals surface area (Å²) in [6.45, 7) is 1.18. The largest absolute Gasteiger partial charge is 0.478 e. The van der Waals surface area contributed by atoms with E-state index >= 15 is 0 Å². The summed E-state index contributed by atoms with van der Waals surface area (Å²) in [7, 11) is -3.70. The molecular formula is C22H27N5O3S. The van der Waals surface area contributed by atoms with Crippen LogP contribution in [0.3, 0.4) is 0 Å². The third-order valence-electron chi connectivity index (χ3n) is 5.59. The Morgan fingerprint density at radius 3 is 2.81 bits per heavy atom. The van der Waals surface area contributed by atoms with Crippen molar-refractivity contribution >= 4 is 15.7 Å². The zero-order chi connectivity index (χ0) is 21.8. The van der Waals surface area contributed by atoms with Gasteiger partial charge in [-0.05, 0) is 61.3 Å². The zero-order valence-corrected chi connectivity index (χ0v) is 18.1. The highest BCUT2D eigenvalue weighted by Gasteiger charge is 2.17. The predicted molar refractivity (Wildman–Crippen MR) is 119 cm³/mol. The molecule has 0 bridgehead atoms. The Morgan fingerprint density at radius 1 is 1.13 bits per heavy atom. The third kappa shape index (κ3) is 5.05. The summed E-state index contributed by atoms with van der Waals surface area (Å²) in [5.74, 6) is 0.585. The van der Waals surface area contributed by atoms with E-state index in [1.165, 1.54) is 29.9 Å². The SMILES string of the molecule is Nc1c(-c2ccnc(OCCCCCn3cc(S(N)(=O)=O)cn3)c2)ccc2c1CCC2. The molecule has 0 radical (unpaired) electrons. The second-order valence-corrected chi connectivity index (χ2v) is 9.36. The molecule has 1 aliphatic carbocycles. The van der Waals surface area contributed by atoms with Crippen molar-refractivity contribution in [3.63, 3.8) is 0 Å². The molecule has 8 nitrogen and oxygen atoms in total. The van der Waals surface area contributed by atoms with E-state index in [9.17, 15) is 8.42 Å². The average molecular weight is 442 g/mol. The quantitative estimate of drug-likeness (QED) is 0.388. The lowest BCUT2D eigenvalue weighted by atomic mass is 9.98. The first-order chi connectivity index (χ1) is 14.9. The summed E-state index contributed by atoms with van der Waals surface area (Å²) in [6, 6.07) is 8.17. The summed E-state index contributed by atoms with van der Waals surface area (Å²) in [6.07, 6.45) is 10.4. The highest BCUT2D eigenvalue weighted by Crippen LogP contribution is 2.35. The standard InChI is InChI=1S/C22H27N5O3S/c23-22-19-6-4-5-16(19)7-8-20(22)17-9-10-25-21(13-17)30-12-3-1-2-11-27-15-18(14-26-27)31(24,28)29/h7-10,13-15H,1-6,11-12,23H2,(H2,24,28,29). The molecule has 0 fully saturated rings. The van der Waals surface area contributed by atoms with Crippen LogP contribution in [0.1, 0.15) is 36.8 Å². The van der Waals surface area contributed by atoms with Crippen molar-refractivity contribution in [1.82, 2.24) is 14.8 Å². The lowest BCUT2D eigenvalue weighted by molar-refractivity contribution is 0.292. The second-order valence-electron chi connectivity index (χ2n) is 7.79. The van der Waals surface area contributed by atoms with Gasteiger partial charge in [0, 0.05) is 36.3 Å². The monoisotopic (exact) mass is 441 g/mol. The molecule has 0 atom stereocenters. The van der Waals surface area contributed by atoms with E-state index in [0.29, 0.717) is 19.0 Å². The van der Waals surface area contributed by atoms with E-state index in [2.05, 4.69) is 22.2 Å². The van der Waals surface area contributed by atoms with Gasteiger partial charge < -0.3 is 10.5 Å². The summed E-state index contributed by atoms with van der Waals surface area (Å²) in [5, 5.41) is 9.11. The number of pyridine rings is 1. The van der Waals surface area contributed by atoms with Gasteiger partial charge in [-0.25, -0.2) is 18.5 Å². The zero-order valence-electron chi connectivity index (χ0n) is 17.3. The Morgan fingerprint density at radius 2 is 2.00 bits per heavy atom. The molecule has 9 heteroatoms. The number of hydrogen-bond donors (Lipinski definition) is 2. The molecule has 0 saturated carbocycles. The summed E-state index contributed by atoms with van der Waals surface area (Å²) in [5.41, 5.74) is 12.0. The maximum absolute atomic E-state index is 11.3. The molecule has 31 heavy (non-hydrogen) atoms. The van der Waals surface area contributed by atoms with Gasteiger partial charge in [0.15, 0.2) is 0 Å². The van der Waals surface area contributed by atoms with E-state index in [1.54, 1.807) is 10.9 Å². The molecule has 2 heterocycles. The number of nitrogens with zero attached hydrogens (tertiary/aromatic N) is 3. The van der Waals surface area contributed by atoms with Crippen molar-refractivity contribution in [2.75, 3.05) is 12.3 Å². The van der Waals surface area contributed by atoms with Crippen molar-refractivity contribution in [3.05, 3.63) is 54.0 Å². The third-order valence-corrected chi connectivity index (χ3v) is 6.46. The maximum atomic E-state index is 11.3. The van der Waals surface area contributed by atoms with Gasteiger partial charge in [0.25, 0.3) is 0 Å². The molecule has 4 rings (SSSR count). The fraction of sp³-hybridized carbons (Fsp3) is 0.364. The molecule has 0 spiro atoms. The highest BCUT2D eigenvalue weighted by molar-refractivity contribution is 7.89. The lowest BCUT2D eigenvalue weighted by Gasteiger charge is -2.12. The highest BCUT2D eigenvalue weighted by atomic mass is 32.2. The van der Waals surface area contributed by atoms with Crippen LogP contribution >= 0.6 is 0 Å². The number of rotatable bonds is 9. The topological polar surface area (TPSA) is 126 Å². The second kappa shape index (κ2) is 9.07. The van der Waals surface area contributed by atoms with E-state index in [1.807, 2.05) is 12.1 Å². The number of benzene rings is 1. The first-order valence-electron chi connectivity index (χ1n) is 10.5. The van der Waals surface area contributed by atoms with Crippen molar-refractivity contribution in [3.8, 4) is 17.0 Å². The molecule has 4 N–H and O–H groups in total. The minimum Gasteiger partial charge on any atom is -0.478 e.